The summed E-state index contributed by atoms with van der Waals surface area (Å²) >= 11 is 5.02. The first-order valence-corrected chi connectivity index (χ1v) is 8.59. The van der Waals surface area contributed by atoms with Crippen molar-refractivity contribution in [3.63, 3.8) is 0 Å². The molecule has 6 nitrogen and oxygen atoms in total. The maximum Gasteiger partial charge on any atom is 0.338 e. The second-order valence-corrected chi connectivity index (χ2v) is 6.06. The van der Waals surface area contributed by atoms with Crippen LogP contribution in [0.5, 0.6) is 0 Å². The molecule has 0 aliphatic carbocycles. The van der Waals surface area contributed by atoms with Crippen molar-refractivity contribution in [3.8, 4) is 28.5 Å². The first-order chi connectivity index (χ1) is 13.0. The van der Waals surface area contributed by atoms with Crippen LogP contribution in [0.15, 0.2) is 53.3 Å². The SMILES string of the molecule is CCOC(=O)c1cccc(-c2cccc(-c3[nH]c(=S)[nH]c(=O)c3C#N)c2)c1. The molecule has 0 amide bonds. The predicted molar refractivity (Wildman–Crippen MR) is 104 cm³/mol. The Morgan fingerprint density at radius 3 is 2.48 bits per heavy atom. The van der Waals surface area contributed by atoms with Gasteiger partial charge in [-0.05, 0) is 48.5 Å². The number of nitrogens with zero attached hydrogens (tertiary/aromatic N) is 1. The van der Waals surface area contributed by atoms with Gasteiger partial charge in [0.05, 0.1) is 17.9 Å². The Balaban J connectivity index is 2.10. The number of nitrogens with one attached hydrogen (secondary N) is 2. The lowest BCUT2D eigenvalue weighted by atomic mass is 9.99. The molecule has 1 aromatic heterocycles. The van der Waals surface area contributed by atoms with Crippen molar-refractivity contribution in [1.82, 2.24) is 9.97 Å². The van der Waals surface area contributed by atoms with E-state index in [9.17, 15) is 14.9 Å². The second-order valence-electron chi connectivity index (χ2n) is 5.65. The minimum absolute atomic E-state index is 0.0407. The minimum Gasteiger partial charge on any atom is -0.462 e. The number of nitriles is 1. The van der Waals surface area contributed by atoms with Crippen molar-refractivity contribution >= 4 is 18.2 Å². The molecule has 0 saturated heterocycles. The summed E-state index contributed by atoms with van der Waals surface area (Å²) in [7, 11) is 0. The number of H-pyrrole nitrogens is 2. The molecule has 0 atom stereocenters. The second kappa shape index (κ2) is 7.81. The fraction of sp³-hybridized carbons (Fsp3) is 0.100. The van der Waals surface area contributed by atoms with Crippen LogP contribution < -0.4 is 5.56 Å². The normalized spacial score (nSPS) is 10.2. The van der Waals surface area contributed by atoms with Crippen LogP contribution in [0.2, 0.25) is 0 Å². The molecule has 0 unspecified atom stereocenters. The van der Waals surface area contributed by atoms with Crippen LogP contribution in [0.3, 0.4) is 0 Å². The fourth-order valence-electron chi connectivity index (χ4n) is 2.70. The number of carbonyl (C=O) groups is 1. The summed E-state index contributed by atoms with van der Waals surface area (Å²) in [6, 6.07) is 16.3. The average Bonchev–Trinajstić information content (AvgIpc) is 2.68. The Kier molecular flexibility index (Phi) is 5.29. The van der Waals surface area contributed by atoms with Crippen LogP contribution in [0.25, 0.3) is 22.4 Å². The third-order valence-corrected chi connectivity index (χ3v) is 4.12. The highest BCUT2D eigenvalue weighted by Gasteiger charge is 2.12. The van der Waals surface area contributed by atoms with E-state index >= 15 is 0 Å². The van der Waals surface area contributed by atoms with E-state index in [0.717, 1.165) is 11.1 Å². The molecule has 0 aliphatic heterocycles. The van der Waals surface area contributed by atoms with Gasteiger partial charge in [0.1, 0.15) is 11.6 Å². The van der Waals surface area contributed by atoms with Gasteiger partial charge in [0.15, 0.2) is 4.77 Å². The molecule has 0 fully saturated rings. The number of esters is 1. The zero-order chi connectivity index (χ0) is 19.4. The van der Waals surface area contributed by atoms with Gasteiger partial charge in [-0.15, -0.1) is 0 Å². The molecule has 3 aromatic rings. The van der Waals surface area contributed by atoms with Gasteiger partial charge in [0.2, 0.25) is 0 Å². The van der Waals surface area contributed by atoms with Crippen molar-refractivity contribution in [3.05, 3.63) is 74.8 Å². The first-order valence-electron chi connectivity index (χ1n) is 8.18. The highest BCUT2D eigenvalue weighted by Crippen LogP contribution is 2.27. The third kappa shape index (κ3) is 3.86. The quantitative estimate of drug-likeness (QED) is 0.532. The molecule has 0 saturated carbocycles. The number of hydrogen-bond acceptors (Lipinski definition) is 5. The Morgan fingerprint density at radius 1 is 1.11 bits per heavy atom. The van der Waals surface area contributed by atoms with Crippen molar-refractivity contribution in [1.29, 1.82) is 5.26 Å². The van der Waals surface area contributed by atoms with E-state index in [1.54, 1.807) is 37.3 Å². The summed E-state index contributed by atoms with van der Waals surface area (Å²) in [6.07, 6.45) is 0. The number of hydrogen-bond donors (Lipinski definition) is 2. The fourth-order valence-corrected chi connectivity index (χ4v) is 2.90. The van der Waals surface area contributed by atoms with Crippen molar-refractivity contribution < 1.29 is 9.53 Å². The van der Waals surface area contributed by atoms with Gasteiger partial charge in [-0.25, -0.2) is 4.79 Å². The molecule has 3 rings (SSSR count). The van der Waals surface area contributed by atoms with E-state index in [1.807, 2.05) is 24.3 Å². The molecule has 0 aliphatic rings. The topological polar surface area (TPSA) is 98.7 Å². The Bertz CT molecular complexity index is 1170. The van der Waals surface area contributed by atoms with Gasteiger partial charge in [-0.2, -0.15) is 5.26 Å². The molecule has 27 heavy (non-hydrogen) atoms. The Morgan fingerprint density at radius 2 is 1.78 bits per heavy atom. The van der Waals surface area contributed by atoms with E-state index in [4.69, 9.17) is 17.0 Å². The summed E-state index contributed by atoms with van der Waals surface area (Å²) in [4.78, 5) is 29.2. The lowest BCUT2D eigenvalue weighted by Crippen LogP contribution is -2.13. The van der Waals surface area contributed by atoms with Crippen LogP contribution in [0.1, 0.15) is 22.8 Å². The molecule has 134 valence electrons. The molecule has 0 spiro atoms. The predicted octanol–water partition coefficient (Wildman–Crippen LogP) is 3.81. The van der Waals surface area contributed by atoms with Gasteiger partial charge in [-0.1, -0.05) is 30.3 Å². The molecule has 2 N–H and O–H groups in total. The molecule has 1 heterocycles. The van der Waals surface area contributed by atoms with Crippen molar-refractivity contribution in [2.24, 2.45) is 0 Å². The number of carbonyl (C=O) groups excluding carboxylic acids is 1. The van der Waals surface area contributed by atoms with E-state index in [2.05, 4.69) is 9.97 Å². The Labute approximate surface area is 160 Å². The molecule has 7 heteroatoms. The maximum absolute atomic E-state index is 12.0. The van der Waals surface area contributed by atoms with Gasteiger partial charge < -0.3 is 9.72 Å². The van der Waals surface area contributed by atoms with Crippen LogP contribution in [-0.2, 0) is 4.74 Å². The number of aromatic nitrogens is 2. The molecule has 2 aromatic carbocycles. The maximum atomic E-state index is 12.0. The molecular formula is C20H15N3O3S. The lowest BCUT2D eigenvalue weighted by molar-refractivity contribution is 0.0526. The van der Waals surface area contributed by atoms with Gasteiger partial charge in [0, 0.05) is 5.56 Å². The van der Waals surface area contributed by atoms with E-state index in [1.165, 1.54) is 0 Å². The largest absolute Gasteiger partial charge is 0.462 e. The summed E-state index contributed by atoms with van der Waals surface area (Å²) in [6.45, 7) is 2.06. The van der Waals surface area contributed by atoms with Crippen LogP contribution in [0.4, 0.5) is 0 Å². The van der Waals surface area contributed by atoms with E-state index in [0.29, 0.717) is 23.4 Å². The minimum atomic E-state index is -0.536. The third-order valence-electron chi connectivity index (χ3n) is 3.91. The van der Waals surface area contributed by atoms with Gasteiger partial charge in [-0.3, -0.25) is 9.78 Å². The number of ether oxygens (including phenoxy) is 1. The van der Waals surface area contributed by atoms with Crippen molar-refractivity contribution in [2.45, 2.75) is 6.92 Å². The summed E-state index contributed by atoms with van der Waals surface area (Å²) in [5, 5.41) is 9.31. The smallest absolute Gasteiger partial charge is 0.338 e. The van der Waals surface area contributed by atoms with E-state index in [-0.39, 0.29) is 16.3 Å². The van der Waals surface area contributed by atoms with E-state index < -0.39 is 5.56 Å². The number of rotatable bonds is 4. The zero-order valence-electron chi connectivity index (χ0n) is 14.4. The van der Waals surface area contributed by atoms with Crippen LogP contribution >= 0.6 is 12.2 Å². The standard InChI is InChI=1S/C20H15N3O3S/c1-2-26-19(25)15-8-4-6-13(10-15)12-5-3-7-14(9-12)17-16(11-21)18(24)23-20(27)22-17/h3-10H,2H2,1H3,(H2,22,23,24,27). The monoisotopic (exact) mass is 377 g/mol. The first kappa shape index (κ1) is 18.3. The molecule has 0 radical (unpaired) electrons. The number of aromatic amines is 2. The molecular weight excluding hydrogens is 362 g/mol. The average molecular weight is 377 g/mol. The number of benzene rings is 2. The van der Waals surface area contributed by atoms with Gasteiger partial charge in [0.25, 0.3) is 5.56 Å². The van der Waals surface area contributed by atoms with Crippen LogP contribution in [0, 0.1) is 16.1 Å². The van der Waals surface area contributed by atoms with Crippen molar-refractivity contribution in [2.75, 3.05) is 6.61 Å². The Hall–Kier alpha value is -3.50. The molecule has 0 bridgehead atoms. The van der Waals surface area contributed by atoms with Crippen LogP contribution in [-0.4, -0.2) is 22.5 Å². The van der Waals surface area contributed by atoms with Gasteiger partial charge >= 0.3 is 5.97 Å². The summed E-state index contributed by atoms with van der Waals surface area (Å²) in [5.41, 5.74) is 2.50. The summed E-state index contributed by atoms with van der Waals surface area (Å²) < 4.78 is 5.18. The highest BCUT2D eigenvalue weighted by atomic mass is 32.1. The highest BCUT2D eigenvalue weighted by molar-refractivity contribution is 7.71. The summed E-state index contributed by atoms with van der Waals surface area (Å²) in [5.74, 6) is -0.388. The zero-order valence-corrected chi connectivity index (χ0v) is 15.2. The lowest BCUT2D eigenvalue weighted by Gasteiger charge is -2.09.